The summed E-state index contributed by atoms with van der Waals surface area (Å²) in [5, 5.41) is 0.143. The van der Waals surface area contributed by atoms with Gasteiger partial charge in [-0.3, -0.25) is 0 Å². The van der Waals surface area contributed by atoms with Crippen molar-refractivity contribution in [3.05, 3.63) is 18.3 Å². The van der Waals surface area contributed by atoms with E-state index in [4.69, 9.17) is 11.6 Å². The van der Waals surface area contributed by atoms with Gasteiger partial charge in [0.25, 0.3) is 0 Å². The Morgan fingerprint density at radius 1 is 1.42 bits per heavy atom. The number of ether oxygens (including phenoxy) is 1. The first kappa shape index (κ1) is 14.2. The van der Waals surface area contributed by atoms with Crippen LogP contribution in [0.15, 0.2) is 18.3 Å². The van der Waals surface area contributed by atoms with Gasteiger partial charge in [0.05, 0.1) is 6.20 Å². The maximum Gasteiger partial charge on any atom is 0.573 e. The molecule has 106 valence electrons. The van der Waals surface area contributed by atoms with Gasteiger partial charge >= 0.3 is 6.36 Å². The van der Waals surface area contributed by atoms with Crippen molar-refractivity contribution in [1.29, 1.82) is 0 Å². The zero-order valence-corrected chi connectivity index (χ0v) is 11.1. The van der Waals surface area contributed by atoms with Crippen molar-refractivity contribution in [3.63, 3.8) is 0 Å². The predicted octanol–water partition coefficient (Wildman–Crippen LogP) is 3.43. The first-order chi connectivity index (χ1) is 8.85. The summed E-state index contributed by atoms with van der Waals surface area (Å²) in [7, 11) is 0. The van der Waals surface area contributed by atoms with Gasteiger partial charge in [-0.15, -0.1) is 24.8 Å². The van der Waals surface area contributed by atoms with Gasteiger partial charge in [-0.05, 0) is 24.5 Å². The molecule has 19 heavy (non-hydrogen) atoms. The lowest BCUT2D eigenvalue weighted by molar-refractivity contribution is -0.274. The van der Waals surface area contributed by atoms with E-state index in [1.807, 2.05) is 11.8 Å². The van der Waals surface area contributed by atoms with Crippen molar-refractivity contribution in [2.24, 2.45) is 5.92 Å². The molecule has 0 aliphatic carbocycles. The second-order valence-electron chi connectivity index (χ2n) is 4.63. The molecule has 0 aromatic carbocycles. The topological polar surface area (TPSA) is 25.4 Å². The number of halogens is 4. The molecule has 2 rings (SSSR count). The van der Waals surface area contributed by atoms with Crippen LogP contribution in [0, 0.1) is 5.92 Å². The number of pyridine rings is 1. The lowest BCUT2D eigenvalue weighted by Crippen LogP contribution is -2.40. The van der Waals surface area contributed by atoms with E-state index in [1.54, 1.807) is 0 Å². The van der Waals surface area contributed by atoms with Crippen molar-refractivity contribution in [2.45, 2.75) is 25.1 Å². The Balaban J connectivity index is 2.02. The summed E-state index contributed by atoms with van der Waals surface area (Å²) >= 11 is 6.13. The Morgan fingerprint density at radius 2 is 2.16 bits per heavy atom. The summed E-state index contributed by atoms with van der Waals surface area (Å²) in [5.41, 5.74) is 0. The molecule has 1 aromatic rings. The smallest absolute Gasteiger partial charge is 0.404 e. The highest BCUT2D eigenvalue weighted by Crippen LogP contribution is 2.27. The summed E-state index contributed by atoms with van der Waals surface area (Å²) in [4.78, 5) is 6.02. The molecule has 0 saturated carbocycles. The van der Waals surface area contributed by atoms with Gasteiger partial charge < -0.3 is 9.64 Å². The van der Waals surface area contributed by atoms with Crippen LogP contribution in [0.3, 0.4) is 0 Å². The van der Waals surface area contributed by atoms with Crippen LogP contribution < -0.4 is 9.64 Å². The lowest BCUT2D eigenvalue weighted by atomic mass is 10.00. The molecule has 3 nitrogen and oxygen atoms in total. The predicted molar refractivity (Wildman–Crippen MR) is 66.6 cm³/mol. The molecule has 0 radical (unpaired) electrons. The van der Waals surface area contributed by atoms with Gasteiger partial charge in [-0.1, -0.05) is 6.92 Å². The van der Waals surface area contributed by atoms with E-state index in [-0.39, 0.29) is 11.1 Å². The van der Waals surface area contributed by atoms with Crippen molar-refractivity contribution >= 4 is 17.4 Å². The molecule has 0 amide bonds. The number of hydrogen-bond acceptors (Lipinski definition) is 3. The molecule has 0 N–H and O–H groups in total. The van der Waals surface area contributed by atoms with Crippen molar-refractivity contribution in [3.8, 4) is 5.75 Å². The first-order valence-corrected chi connectivity index (χ1v) is 6.39. The van der Waals surface area contributed by atoms with Crippen molar-refractivity contribution in [2.75, 3.05) is 18.0 Å². The number of piperidine rings is 1. The Hall–Kier alpha value is -1.17. The Bertz CT molecular complexity index is 424. The second-order valence-corrected chi connectivity index (χ2v) is 5.19. The maximum atomic E-state index is 12.0. The highest BCUT2D eigenvalue weighted by atomic mass is 35.5. The second kappa shape index (κ2) is 5.45. The minimum atomic E-state index is -4.69. The van der Waals surface area contributed by atoms with Crippen LogP contribution in [0.2, 0.25) is 0 Å². The molecule has 0 bridgehead atoms. The third kappa shape index (κ3) is 3.89. The summed E-state index contributed by atoms with van der Waals surface area (Å²) in [5.74, 6) is 0.657. The SMILES string of the molecule is CC1CN(c2ccc(OC(F)(F)F)cn2)CCC1Cl. The zero-order valence-electron chi connectivity index (χ0n) is 10.3. The number of alkyl halides is 4. The molecule has 1 saturated heterocycles. The number of nitrogens with zero attached hydrogens (tertiary/aromatic N) is 2. The summed E-state index contributed by atoms with van der Waals surface area (Å²) in [6.45, 7) is 3.55. The van der Waals surface area contributed by atoms with Crippen LogP contribution >= 0.6 is 11.6 Å². The van der Waals surface area contributed by atoms with Crippen LogP contribution in [0.1, 0.15) is 13.3 Å². The fourth-order valence-corrected chi connectivity index (χ4v) is 2.26. The fraction of sp³-hybridized carbons (Fsp3) is 0.583. The van der Waals surface area contributed by atoms with E-state index in [0.717, 1.165) is 25.7 Å². The highest BCUT2D eigenvalue weighted by molar-refractivity contribution is 6.20. The number of rotatable bonds is 2. The molecule has 1 fully saturated rings. The van der Waals surface area contributed by atoms with Gasteiger partial charge in [0.2, 0.25) is 0 Å². The molecule has 1 aliphatic heterocycles. The Kier molecular flexibility index (Phi) is 4.08. The standard InChI is InChI=1S/C12H14ClF3N2O/c1-8-7-18(5-4-10(8)13)11-3-2-9(6-17-11)19-12(14,15)16/h2-3,6,8,10H,4-5,7H2,1H3. The molecule has 2 heterocycles. The van der Waals surface area contributed by atoms with Crippen LogP contribution in [-0.2, 0) is 0 Å². The Labute approximate surface area is 114 Å². The number of anilines is 1. The van der Waals surface area contributed by atoms with E-state index in [1.165, 1.54) is 12.1 Å². The molecular weight excluding hydrogens is 281 g/mol. The number of aromatic nitrogens is 1. The molecule has 0 spiro atoms. The van der Waals surface area contributed by atoms with Gasteiger partial charge in [0.1, 0.15) is 11.6 Å². The molecule has 2 unspecified atom stereocenters. The quantitative estimate of drug-likeness (QED) is 0.781. The zero-order chi connectivity index (χ0) is 14.0. The van der Waals surface area contributed by atoms with Gasteiger partial charge in [0.15, 0.2) is 0 Å². The van der Waals surface area contributed by atoms with Gasteiger partial charge in [-0.25, -0.2) is 4.98 Å². The minimum Gasteiger partial charge on any atom is -0.404 e. The summed E-state index contributed by atoms with van der Waals surface area (Å²) < 4.78 is 39.8. The maximum absolute atomic E-state index is 12.0. The average Bonchev–Trinajstić information content (AvgIpc) is 2.32. The third-order valence-corrected chi connectivity index (χ3v) is 3.73. The third-order valence-electron chi connectivity index (χ3n) is 3.08. The molecular formula is C12H14ClF3N2O. The van der Waals surface area contributed by atoms with Crippen LogP contribution in [0.25, 0.3) is 0 Å². The molecule has 2 atom stereocenters. The lowest BCUT2D eigenvalue weighted by Gasteiger charge is -2.34. The first-order valence-electron chi connectivity index (χ1n) is 5.96. The van der Waals surface area contributed by atoms with Crippen LogP contribution in [0.4, 0.5) is 19.0 Å². The van der Waals surface area contributed by atoms with E-state index in [2.05, 4.69) is 9.72 Å². The monoisotopic (exact) mass is 294 g/mol. The van der Waals surface area contributed by atoms with Crippen molar-refractivity contribution in [1.82, 2.24) is 4.98 Å². The van der Waals surface area contributed by atoms with Crippen LogP contribution in [-0.4, -0.2) is 29.8 Å². The molecule has 7 heteroatoms. The summed E-state index contributed by atoms with van der Waals surface area (Å²) in [6.07, 6.45) is -2.76. The summed E-state index contributed by atoms with van der Waals surface area (Å²) in [6, 6.07) is 2.80. The largest absolute Gasteiger partial charge is 0.573 e. The van der Waals surface area contributed by atoms with E-state index >= 15 is 0 Å². The van der Waals surface area contributed by atoms with Gasteiger partial charge in [-0.2, -0.15) is 0 Å². The number of hydrogen-bond donors (Lipinski definition) is 0. The highest BCUT2D eigenvalue weighted by Gasteiger charge is 2.31. The van der Waals surface area contributed by atoms with Gasteiger partial charge in [0, 0.05) is 18.5 Å². The van der Waals surface area contributed by atoms with Crippen LogP contribution in [0.5, 0.6) is 5.75 Å². The molecule has 1 aromatic heterocycles. The average molecular weight is 295 g/mol. The van der Waals surface area contributed by atoms with Crippen molar-refractivity contribution < 1.29 is 17.9 Å². The minimum absolute atomic E-state index is 0.143. The fourth-order valence-electron chi connectivity index (χ4n) is 2.08. The Morgan fingerprint density at radius 3 is 2.68 bits per heavy atom. The molecule has 1 aliphatic rings. The van der Waals surface area contributed by atoms with E-state index in [9.17, 15) is 13.2 Å². The normalized spacial score (nSPS) is 24.4. The van der Waals surface area contributed by atoms with E-state index < -0.39 is 6.36 Å². The van der Waals surface area contributed by atoms with E-state index in [0.29, 0.717) is 11.7 Å².